The summed E-state index contributed by atoms with van der Waals surface area (Å²) < 4.78 is 31.3. The molecule has 31 heavy (non-hydrogen) atoms. The maximum absolute atomic E-state index is 14.7. The second kappa shape index (κ2) is 8.48. The number of rotatable bonds is 8. The number of aliphatic hydroxyl groups is 1. The standard InChI is InChI=1S/C20H19F2N5O2S2/c1-12(28)18-17(25-19-27(18)5-6-30-19)8-31-13(2)20(29,9-26-11-23-10-24-26)15-4-3-14(21)7-16(15)22/h3-7,10-11,13,29H,8-9H2,1-2H3/t13-,20-/m1/s1. The van der Waals surface area contributed by atoms with Gasteiger partial charge < -0.3 is 5.11 Å². The van der Waals surface area contributed by atoms with E-state index in [9.17, 15) is 18.7 Å². The lowest BCUT2D eigenvalue weighted by molar-refractivity contribution is 0.0133. The van der Waals surface area contributed by atoms with E-state index in [2.05, 4.69) is 15.1 Å². The Balaban J connectivity index is 1.65. The molecule has 0 saturated heterocycles. The van der Waals surface area contributed by atoms with Gasteiger partial charge in [0.15, 0.2) is 10.7 Å². The van der Waals surface area contributed by atoms with Crippen LogP contribution >= 0.6 is 23.1 Å². The van der Waals surface area contributed by atoms with Crippen molar-refractivity contribution in [3.05, 3.63) is 71.0 Å². The van der Waals surface area contributed by atoms with Gasteiger partial charge in [0, 0.05) is 41.1 Å². The fraction of sp³-hybridized carbons (Fsp3) is 0.300. The molecule has 1 N–H and O–H groups in total. The fourth-order valence-corrected chi connectivity index (χ4v) is 5.30. The van der Waals surface area contributed by atoms with Gasteiger partial charge in [0.05, 0.1) is 12.2 Å². The molecule has 0 spiro atoms. The predicted molar refractivity (Wildman–Crippen MR) is 114 cm³/mol. The molecule has 0 aliphatic heterocycles. The van der Waals surface area contributed by atoms with E-state index in [0.717, 1.165) is 12.1 Å². The van der Waals surface area contributed by atoms with Gasteiger partial charge in [-0.3, -0.25) is 9.20 Å². The number of halogens is 2. The number of ketones is 1. The van der Waals surface area contributed by atoms with E-state index in [-0.39, 0.29) is 17.9 Å². The van der Waals surface area contributed by atoms with Crippen molar-refractivity contribution < 1.29 is 18.7 Å². The Bertz CT molecular complexity index is 1220. The Morgan fingerprint density at radius 1 is 1.39 bits per heavy atom. The van der Waals surface area contributed by atoms with Crippen LogP contribution in [0, 0.1) is 11.6 Å². The quantitative estimate of drug-likeness (QED) is 0.401. The molecule has 7 nitrogen and oxygen atoms in total. The summed E-state index contributed by atoms with van der Waals surface area (Å²) in [6.07, 6.45) is 4.52. The topological polar surface area (TPSA) is 85.3 Å². The summed E-state index contributed by atoms with van der Waals surface area (Å²) in [5.41, 5.74) is -0.673. The van der Waals surface area contributed by atoms with Gasteiger partial charge in [0.2, 0.25) is 0 Å². The molecule has 0 aliphatic rings. The van der Waals surface area contributed by atoms with Gasteiger partial charge in [-0.2, -0.15) is 5.10 Å². The third kappa shape index (κ3) is 4.12. The van der Waals surface area contributed by atoms with Gasteiger partial charge in [0.1, 0.15) is 35.6 Å². The normalized spacial score (nSPS) is 14.6. The number of thiazole rings is 1. The highest BCUT2D eigenvalue weighted by Gasteiger charge is 2.39. The molecule has 3 aromatic heterocycles. The molecule has 0 saturated carbocycles. The van der Waals surface area contributed by atoms with E-state index in [1.54, 1.807) is 17.5 Å². The van der Waals surface area contributed by atoms with Crippen molar-refractivity contribution in [2.24, 2.45) is 0 Å². The summed E-state index contributed by atoms with van der Waals surface area (Å²) in [6.45, 7) is 3.14. The van der Waals surface area contributed by atoms with Gasteiger partial charge in [-0.05, 0) is 6.07 Å². The average Bonchev–Trinajstić information content (AvgIpc) is 3.42. The lowest BCUT2D eigenvalue weighted by Crippen LogP contribution is -2.41. The Hall–Kier alpha value is -2.63. The van der Waals surface area contributed by atoms with Gasteiger partial charge in [-0.15, -0.1) is 23.1 Å². The number of carbonyl (C=O) groups excluding carboxylic acids is 1. The van der Waals surface area contributed by atoms with Crippen LogP contribution in [0.4, 0.5) is 8.78 Å². The molecule has 0 aliphatic carbocycles. The van der Waals surface area contributed by atoms with Crippen molar-refractivity contribution in [1.29, 1.82) is 0 Å². The Morgan fingerprint density at radius 2 is 2.19 bits per heavy atom. The number of hydrogen-bond donors (Lipinski definition) is 1. The van der Waals surface area contributed by atoms with E-state index in [1.165, 1.54) is 53.4 Å². The number of benzene rings is 1. The molecule has 0 amide bonds. The average molecular weight is 464 g/mol. The summed E-state index contributed by atoms with van der Waals surface area (Å²) in [5, 5.41) is 16.9. The van der Waals surface area contributed by atoms with E-state index in [0.29, 0.717) is 22.1 Å². The first-order chi connectivity index (χ1) is 14.8. The highest BCUT2D eigenvalue weighted by molar-refractivity contribution is 7.99. The molecular formula is C20H19F2N5O2S2. The number of hydrogen-bond acceptors (Lipinski definition) is 7. The van der Waals surface area contributed by atoms with E-state index >= 15 is 0 Å². The molecule has 3 heterocycles. The minimum atomic E-state index is -1.72. The van der Waals surface area contributed by atoms with Crippen LogP contribution in [0.25, 0.3) is 4.96 Å². The highest BCUT2D eigenvalue weighted by Crippen LogP contribution is 2.38. The number of carbonyl (C=O) groups is 1. The molecule has 0 bridgehead atoms. The minimum absolute atomic E-state index is 0.0398. The largest absolute Gasteiger partial charge is 0.382 e. The molecular weight excluding hydrogens is 444 g/mol. The van der Waals surface area contributed by atoms with Crippen LogP contribution < -0.4 is 0 Å². The molecule has 11 heteroatoms. The first kappa shape index (κ1) is 21.6. The number of thioether (sulfide) groups is 1. The minimum Gasteiger partial charge on any atom is -0.382 e. The number of nitrogens with zero attached hydrogens (tertiary/aromatic N) is 5. The first-order valence-corrected chi connectivity index (χ1v) is 11.3. The highest BCUT2D eigenvalue weighted by atomic mass is 32.2. The Labute approximate surface area is 184 Å². The maximum atomic E-state index is 14.7. The lowest BCUT2D eigenvalue weighted by Gasteiger charge is -2.34. The second-order valence-corrected chi connectivity index (χ2v) is 9.32. The van der Waals surface area contributed by atoms with Gasteiger partial charge in [0.25, 0.3) is 0 Å². The van der Waals surface area contributed by atoms with Crippen molar-refractivity contribution in [2.75, 3.05) is 0 Å². The van der Waals surface area contributed by atoms with Gasteiger partial charge >= 0.3 is 0 Å². The Morgan fingerprint density at radius 3 is 2.87 bits per heavy atom. The summed E-state index contributed by atoms with van der Waals surface area (Å²) in [6, 6.07) is 3.10. The Kier molecular flexibility index (Phi) is 5.91. The van der Waals surface area contributed by atoms with Crippen molar-refractivity contribution in [2.45, 2.75) is 37.0 Å². The SMILES string of the molecule is CC(=O)c1c(CS[C@H](C)[C@](O)(Cn2cncn2)c2ccc(F)cc2F)nc2sccn12. The molecule has 1 aromatic carbocycles. The predicted octanol–water partition coefficient (Wildman–Crippen LogP) is 3.68. The summed E-state index contributed by atoms with van der Waals surface area (Å²) in [4.78, 5) is 21.3. The van der Waals surface area contributed by atoms with Crippen LogP contribution in [0.5, 0.6) is 0 Å². The number of imidazole rings is 1. The first-order valence-electron chi connectivity index (χ1n) is 9.37. The lowest BCUT2D eigenvalue weighted by atomic mass is 9.90. The third-order valence-electron chi connectivity index (χ3n) is 5.08. The van der Waals surface area contributed by atoms with Gasteiger partial charge in [-0.25, -0.2) is 23.4 Å². The summed E-state index contributed by atoms with van der Waals surface area (Å²) in [7, 11) is 0. The molecule has 0 fully saturated rings. The van der Waals surface area contributed by atoms with E-state index < -0.39 is 22.5 Å². The monoisotopic (exact) mass is 463 g/mol. The molecule has 4 rings (SSSR count). The summed E-state index contributed by atoms with van der Waals surface area (Å²) >= 11 is 2.74. The zero-order chi connectivity index (χ0) is 22.2. The molecule has 162 valence electrons. The van der Waals surface area contributed by atoms with E-state index in [4.69, 9.17) is 0 Å². The zero-order valence-corrected chi connectivity index (χ0v) is 18.3. The third-order valence-corrected chi connectivity index (χ3v) is 7.16. The van der Waals surface area contributed by atoms with Crippen molar-refractivity contribution >= 4 is 33.8 Å². The smallest absolute Gasteiger partial charge is 0.194 e. The molecule has 0 unspecified atom stereocenters. The molecule has 2 atom stereocenters. The van der Waals surface area contributed by atoms with Crippen LogP contribution in [-0.4, -0.2) is 40.3 Å². The number of Topliss-reactive ketones (excluding diaryl/α,β-unsaturated/α-hetero) is 1. The maximum Gasteiger partial charge on any atom is 0.194 e. The van der Waals surface area contributed by atoms with Crippen molar-refractivity contribution in [3.63, 3.8) is 0 Å². The van der Waals surface area contributed by atoms with E-state index in [1.807, 2.05) is 5.38 Å². The van der Waals surface area contributed by atoms with Gasteiger partial charge in [-0.1, -0.05) is 13.0 Å². The fourth-order valence-electron chi connectivity index (χ4n) is 3.48. The second-order valence-electron chi connectivity index (χ2n) is 7.11. The van der Waals surface area contributed by atoms with Crippen molar-refractivity contribution in [3.8, 4) is 0 Å². The molecule has 0 radical (unpaired) electrons. The van der Waals surface area contributed by atoms with Crippen LogP contribution in [-0.2, 0) is 17.9 Å². The van der Waals surface area contributed by atoms with Crippen molar-refractivity contribution in [1.82, 2.24) is 24.1 Å². The number of aromatic nitrogens is 5. The summed E-state index contributed by atoms with van der Waals surface area (Å²) in [5.74, 6) is -1.36. The van der Waals surface area contributed by atoms with Crippen LogP contribution in [0.3, 0.4) is 0 Å². The molecule has 4 aromatic rings. The van der Waals surface area contributed by atoms with Crippen LogP contribution in [0.1, 0.15) is 35.6 Å². The van der Waals surface area contributed by atoms with Crippen LogP contribution in [0.2, 0.25) is 0 Å². The van der Waals surface area contributed by atoms with Crippen LogP contribution in [0.15, 0.2) is 42.4 Å². The zero-order valence-electron chi connectivity index (χ0n) is 16.7. The number of fused-ring (bicyclic) bond motifs is 1.